The van der Waals surface area contributed by atoms with Crippen molar-refractivity contribution in [1.82, 2.24) is 0 Å². The molecule has 3 aromatic rings. The molecule has 32 heavy (non-hydrogen) atoms. The number of aliphatic hydroxyl groups is 1. The van der Waals surface area contributed by atoms with Crippen molar-refractivity contribution in [2.45, 2.75) is 24.4 Å². The molecule has 0 aliphatic carbocycles. The number of nitrogens with zero attached hydrogens (tertiary/aromatic N) is 1. The summed E-state index contributed by atoms with van der Waals surface area (Å²) in [5, 5.41) is 19.5. The standard InChI is InChI=1S/C22H12ClF6NO2/c23-15-8-13(7-14(9-15)21(24,25)26)20(32,22(27,28)29)10-19(31)18-6-5-12(11-30)16-3-1-2-4-17(16)18/h1-9,32H,10H2. The summed E-state index contributed by atoms with van der Waals surface area (Å²) in [6.45, 7) is 0. The summed E-state index contributed by atoms with van der Waals surface area (Å²) >= 11 is 5.58. The van der Waals surface area contributed by atoms with Crippen molar-refractivity contribution in [1.29, 1.82) is 5.26 Å². The third kappa shape index (κ3) is 4.29. The summed E-state index contributed by atoms with van der Waals surface area (Å²) in [6.07, 6.45) is -12.1. The molecule has 0 aliphatic rings. The maximum Gasteiger partial charge on any atom is 0.421 e. The first-order chi connectivity index (χ1) is 14.8. The van der Waals surface area contributed by atoms with Crippen LogP contribution in [-0.4, -0.2) is 17.1 Å². The van der Waals surface area contributed by atoms with Crippen LogP contribution in [0, 0.1) is 11.3 Å². The number of hydrogen-bond donors (Lipinski definition) is 1. The van der Waals surface area contributed by atoms with Gasteiger partial charge in [0.15, 0.2) is 11.4 Å². The van der Waals surface area contributed by atoms with Crippen LogP contribution in [-0.2, 0) is 11.8 Å². The van der Waals surface area contributed by atoms with Gasteiger partial charge < -0.3 is 5.11 Å². The third-order valence-corrected chi connectivity index (χ3v) is 5.15. The third-order valence-electron chi connectivity index (χ3n) is 4.93. The second-order valence-corrected chi connectivity index (χ2v) is 7.44. The van der Waals surface area contributed by atoms with Crippen molar-refractivity contribution >= 4 is 28.2 Å². The molecule has 0 amide bonds. The summed E-state index contributed by atoms with van der Waals surface area (Å²) in [5.41, 5.74) is -6.70. The zero-order chi connectivity index (χ0) is 23.9. The zero-order valence-electron chi connectivity index (χ0n) is 15.9. The molecule has 0 aliphatic heterocycles. The summed E-state index contributed by atoms with van der Waals surface area (Å²) < 4.78 is 80.9. The van der Waals surface area contributed by atoms with E-state index in [1.54, 1.807) is 6.07 Å². The molecule has 0 saturated carbocycles. The molecule has 0 bridgehead atoms. The van der Waals surface area contributed by atoms with Gasteiger partial charge in [-0.2, -0.15) is 31.6 Å². The molecule has 0 aromatic heterocycles. The van der Waals surface area contributed by atoms with E-state index in [1.807, 2.05) is 6.07 Å². The van der Waals surface area contributed by atoms with Crippen LogP contribution in [0.5, 0.6) is 0 Å². The molecular weight excluding hydrogens is 460 g/mol. The molecule has 0 heterocycles. The number of rotatable bonds is 4. The molecule has 1 N–H and O–H groups in total. The van der Waals surface area contributed by atoms with E-state index in [9.17, 15) is 41.5 Å². The molecule has 1 atom stereocenters. The van der Waals surface area contributed by atoms with Gasteiger partial charge in [-0.15, -0.1) is 0 Å². The average molecular weight is 472 g/mol. The van der Waals surface area contributed by atoms with Crippen LogP contribution in [0.2, 0.25) is 5.02 Å². The summed E-state index contributed by atoms with van der Waals surface area (Å²) in [7, 11) is 0. The predicted molar refractivity (Wildman–Crippen MR) is 104 cm³/mol. The summed E-state index contributed by atoms with van der Waals surface area (Å²) in [5.74, 6) is -1.18. The van der Waals surface area contributed by atoms with Gasteiger partial charge in [0.25, 0.3) is 0 Å². The quantitative estimate of drug-likeness (QED) is 0.353. The van der Waals surface area contributed by atoms with Crippen molar-refractivity contribution < 1.29 is 36.2 Å². The van der Waals surface area contributed by atoms with Gasteiger partial charge in [0, 0.05) is 16.0 Å². The van der Waals surface area contributed by atoms with E-state index in [0.29, 0.717) is 17.5 Å². The van der Waals surface area contributed by atoms with Crippen LogP contribution in [0.25, 0.3) is 10.8 Å². The smallest absolute Gasteiger partial charge is 0.376 e. The van der Waals surface area contributed by atoms with Crippen molar-refractivity contribution in [3.05, 3.63) is 81.9 Å². The largest absolute Gasteiger partial charge is 0.421 e. The normalized spacial score (nSPS) is 14.1. The minimum Gasteiger partial charge on any atom is -0.376 e. The molecule has 0 saturated heterocycles. The highest BCUT2D eigenvalue weighted by molar-refractivity contribution is 6.30. The van der Waals surface area contributed by atoms with Crippen molar-refractivity contribution in [2.24, 2.45) is 0 Å². The van der Waals surface area contributed by atoms with Gasteiger partial charge in [-0.25, -0.2) is 0 Å². The number of carbonyl (C=O) groups is 1. The Labute approximate surface area is 182 Å². The number of benzene rings is 3. The molecule has 166 valence electrons. The maximum atomic E-state index is 13.9. The van der Waals surface area contributed by atoms with Crippen LogP contribution in [0.3, 0.4) is 0 Å². The van der Waals surface area contributed by atoms with Crippen LogP contribution in [0.4, 0.5) is 26.3 Å². The Balaban J connectivity index is 2.14. The summed E-state index contributed by atoms with van der Waals surface area (Å²) in [4.78, 5) is 12.9. The first-order valence-electron chi connectivity index (χ1n) is 8.90. The molecule has 10 heteroatoms. The fourth-order valence-electron chi connectivity index (χ4n) is 3.33. The Morgan fingerprint density at radius 3 is 2.09 bits per heavy atom. The molecule has 3 aromatic carbocycles. The van der Waals surface area contributed by atoms with E-state index < -0.39 is 46.3 Å². The minimum absolute atomic E-state index is 0.115. The lowest BCUT2D eigenvalue weighted by atomic mass is 9.84. The van der Waals surface area contributed by atoms with E-state index in [2.05, 4.69) is 0 Å². The van der Waals surface area contributed by atoms with Crippen LogP contribution in [0.1, 0.15) is 33.5 Å². The second-order valence-electron chi connectivity index (χ2n) is 7.00. The zero-order valence-corrected chi connectivity index (χ0v) is 16.6. The number of nitriles is 1. The van der Waals surface area contributed by atoms with Crippen LogP contribution >= 0.6 is 11.6 Å². The Bertz CT molecular complexity index is 1250. The Kier molecular flexibility index (Phi) is 5.98. The Morgan fingerprint density at radius 1 is 0.938 bits per heavy atom. The van der Waals surface area contributed by atoms with Crippen LogP contribution < -0.4 is 0 Å². The fraction of sp³-hybridized carbons (Fsp3) is 0.182. The van der Waals surface area contributed by atoms with E-state index >= 15 is 0 Å². The molecule has 3 rings (SSSR count). The number of carbonyl (C=O) groups excluding carboxylic acids is 1. The molecular formula is C22H12ClF6NO2. The van der Waals surface area contributed by atoms with Gasteiger partial charge in [0.2, 0.25) is 0 Å². The van der Waals surface area contributed by atoms with Gasteiger partial charge in [-0.3, -0.25) is 4.79 Å². The Morgan fingerprint density at radius 2 is 1.53 bits per heavy atom. The predicted octanol–water partition coefficient (Wildman–Crippen LogP) is 6.41. The highest BCUT2D eigenvalue weighted by Gasteiger charge is 2.56. The van der Waals surface area contributed by atoms with E-state index in [0.717, 1.165) is 6.07 Å². The molecule has 1 unspecified atom stereocenters. The first kappa shape index (κ1) is 23.6. The SMILES string of the molecule is N#Cc1ccc(C(=O)CC(O)(c2cc(Cl)cc(C(F)(F)F)c2)C(F)(F)F)c2ccccc12. The summed E-state index contributed by atoms with van der Waals surface area (Å²) in [6, 6.07) is 11.3. The van der Waals surface area contributed by atoms with E-state index in [-0.39, 0.29) is 22.6 Å². The second kappa shape index (κ2) is 8.11. The lowest BCUT2D eigenvalue weighted by molar-refractivity contribution is -0.265. The lowest BCUT2D eigenvalue weighted by Crippen LogP contribution is -2.44. The molecule has 0 fully saturated rings. The van der Waals surface area contributed by atoms with Gasteiger partial charge in [0.05, 0.1) is 23.6 Å². The van der Waals surface area contributed by atoms with Gasteiger partial charge in [-0.1, -0.05) is 35.9 Å². The minimum atomic E-state index is -5.50. The molecule has 0 spiro atoms. The highest BCUT2D eigenvalue weighted by atomic mass is 35.5. The fourth-order valence-corrected chi connectivity index (χ4v) is 3.56. The number of hydrogen-bond acceptors (Lipinski definition) is 3. The average Bonchev–Trinajstić information content (AvgIpc) is 2.70. The van der Waals surface area contributed by atoms with E-state index in [1.165, 1.54) is 24.3 Å². The van der Waals surface area contributed by atoms with Crippen molar-refractivity contribution in [3.8, 4) is 6.07 Å². The lowest BCUT2D eigenvalue weighted by Gasteiger charge is -2.31. The van der Waals surface area contributed by atoms with Crippen molar-refractivity contribution in [2.75, 3.05) is 0 Å². The topological polar surface area (TPSA) is 61.1 Å². The number of alkyl halides is 6. The van der Waals surface area contributed by atoms with Crippen molar-refractivity contribution in [3.63, 3.8) is 0 Å². The number of halogens is 7. The maximum absolute atomic E-state index is 13.9. The molecule has 3 nitrogen and oxygen atoms in total. The monoisotopic (exact) mass is 471 g/mol. The molecule has 0 radical (unpaired) electrons. The van der Waals surface area contributed by atoms with Gasteiger partial charge in [-0.05, 0) is 41.3 Å². The number of ketones is 1. The van der Waals surface area contributed by atoms with Gasteiger partial charge in [0.1, 0.15) is 0 Å². The number of Topliss-reactive ketones (excluding diaryl/α,β-unsaturated/α-hetero) is 1. The first-order valence-corrected chi connectivity index (χ1v) is 9.28. The Hall–Kier alpha value is -3.09. The number of fused-ring (bicyclic) bond motifs is 1. The highest BCUT2D eigenvalue weighted by Crippen LogP contribution is 2.45. The van der Waals surface area contributed by atoms with Crippen LogP contribution in [0.15, 0.2) is 54.6 Å². The van der Waals surface area contributed by atoms with E-state index in [4.69, 9.17) is 11.6 Å². The van der Waals surface area contributed by atoms with Gasteiger partial charge >= 0.3 is 12.4 Å².